The first-order valence-electron chi connectivity index (χ1n) is 9.04. The first-order chi connectivity index (χ1) is 12.8. The van der Waals surface area contributed by atoms with E-state index in [1.807, 2.05) is 24.3 Å². The summed E-state index contributed by atoms with van der Waals surface area (Å²) in [4.78, 5) is 14.5. The SMILES string of the molecule is O=C(CC1(c2ccc(Br)cc2)CNC1)N1CCCCC1C1(C(F)(F)F)N=N1. The Hall–Kier alpha value is -1.48. The van der Waals surface area contributed by atoms with Crippen molar-refractivity contribution in [3.05, 3.63) is 34.3 Å². The van der Waals surface area contributed by atoms with Crippen molar-refractivity contribution in [2.75, 3.05) is 19.6 Å². The Morgan fingerprint density at radius 1 is 1.22 bits per heavy atom. The van der Waals surface area contributed by atoms with Gasteiger partial charge < -0.3 is 10.2 Å². The summed E-state index contributed by atoms with van der Waals surface area (Å²) in [6.07, 6.45) is -2.74. The van der Waals surface area contributed by atoms with Gasteiger partial charge in [0.05, 0.1) is 6.04 Å². The molecule has 1 amide bonds. The number of hydrogen-bond donors (Lipinski definition) is 1. The van der Waals surface area contributed by atoms with Crippen LogP contribution in [0.2, 0.25) is 0 Å². The van der Waals surface area contributed by atoms with Crippen LogP contribution in [0.1, 0.15) is 31.2 Å². The Kier molecular flexibility index (Phi) is 4.57. The molecule has 3 aliphatic heterocycles. The van der Waals surface area contributed by atoms with Crippen LogP contribution >= 0.6 is 15.9 Å². The normalized spacial score (nSPS) is 25.8. The molecule has 3 heterocycles. The molecule has 3 aliphatic rings. The summed E-state index contributed by atoms with van der Waals surface area (Å²) in [7, 11) is 0. The summed E-state index contributed by atoms with van der Waals surface area (Å²) in [5.74, 6) is -0.245. The molecule has 0 aromatic heterocycles. The van der Waals surface area contributed by atoms with Crippen molar-refractivity contribution >= 4 is 21.8 Å². The van der Waals surface area contributed by atoms with Crippen molar-refractivity contribution in [3.8, 4) is 0 Å². The van der Waals surface area contributed by atoms with E-state index < -0.39 is 17.9 Å². The van der Waals surface area contributed by atoms with Gasteiger partial charge >= 0.3 is 11.8 Å². The molecule has 1 aromatic carbocycles. The van der Waals surface area contributed by atoms with E-state index in [0.29, 0.717) is 32.5 Å². The van der Waals surface area contributed by atoms with E-state index in [4.69, 9.17) is 0 Å². The molecule has 0 radical (unpaired) electrons. The summed E-state index contributed by atoms with van der Waals surface area (Å²) < 4.78 is 41.4. The number of piperidine rings is 1. The Balaban J connectivity index is 1.55. The van der Waals surface area contributed by atoms with Gasteiger partial charge in [-0.3, -0.25) is 4.79 Å². The van der Waals surface area contributed by atoms with Gasteiger partial charge in [0.2, 0.25) is 5.91 Å². The zero-order valence-electron chi connectivity index (χ0n) is 14.6. The molecule has 1 aromatic rings. The Morgan fingerprint density at radius 2 is 1.89 bits per heavy atom. The quantitative estimate of drug-likeness (QED) is 0.767. The highest BCUT2D eigenvalue weighted by Crippen LogP contribution is 2.50. The zero-order chi connectivity index (χ0) is 19.3. The topological polar surface area (TPSA) is 57.1 Å². The molecule has 2 fully saturated rings. The fourth-order valence-corrected chi connectivity index (χ4v) is 4.45. The average molecular weight is 445 g/mol. The van der Waals surface area contributed by atoms with E-state index in [9.17, 15) is 18.0 Å². The number of amides is 1. The second kappa shape index (κ2) is 6.55. The summed E-state index contributed by atoms with van der Waals surface area (Å²) in [6.45, 7) is 1.60. The van der Waals surface area contributed by atoms with Crippen LogP contribution in [0.5, 0.6) is 0 Å². The van der Waals surface area contributed by atoms with Gasteiger partial charge in [-0.1, -0.05) is 28.1 Å². The van der Waals surface area contributed by atoms with Crippen LogP contribution in [0, 0.1) is 0 Å². The molecule has 4 rings (SSSR count). The standard InChI is InChI=1S/C18H20BrF3N4O/c19-13-6-4-12(5-7-13)16(10-23-11-16)9-15(27)26-8-2-1-3-14(26)17(24-25-17)18(20,21)22/h4-7,14,23H,1-3,8-11H2. The van der Waals surface area contributed by atoms with Crippen molar-refractivity contribution < 1.29 is 18.0 Å². The lowest BCUT2D eigenvalue weighted by Gasteiger charge is -2.46. The van der Waals surface area contributed by atoms with Gasteiger partial charge in [-0.2, -0.15) is 13.2 Å². The van der Waals surface area contributed by atoms with Gasteiger partial charge in [0.25, 0.3) is 0 Å². The second-order valence-corrected chi connectivity index (χ2v) is 8.51. The van der Waals surface area contributed by atoms with Crippen molar-refractivity contribution in [1.29, 1.82) is 0 Å². The molecule has 0 spiro atoms. The highest BCUT2D eigenvalue weighted by atomic mass is 79.9. The number of nitrogens with zero attached hydrogens (tertiary/aromatic N) is 3. The monoisotopic (exact) mass is 444 g/mol. The molecule has 1 unspecified atom stereocenters. The lowest BCUT2D eigenvalue weighted by Crippen LogP contribution is -2.61. The predicted molar refractivity (Wildman–Crippen MR) is 96.3 cm³/mol. The zero-order valence-corrected chi connectivity index (χ0v) is 16.2. The third kappa shape index (κ3) is 3.18. The minimum absolute atomic E-state index is 0.187. The first kappa shape index (κ1) is 18.9. The number of likely N-dealkylation sites (tertiary alicyclic amines) is 1. The Bertz CT molecular complexity index is 755. The highest BCUT2D eigenvalue weighted by molar-refractivity contribution is 9.10. The van der Waals surface area contributed by atoms with Crippen molar-refractivity contribution in [3.63, 3.8) is 0 Å². The smallest absolute Gasteiger partial charge is 0.335 e. The minimum Gasteiger partial charge on any atom is -0.335 e. The van der Waals surface area contributed by atoms with Gasteiger partial charge in [-0.05, 0) is 37.0 Å². The summed E-state index contributed by atoms with van der Waals surface area (Å²) in [6, 6.07) is 6.76. The lowest BCUT2D eigenvalue weighted by molar-refractivity contribution is -0.185. The molecule has 0 saturated carbocycles. The predicted octanol–water partition coefficient (Wildman–Crippen LogP) is 3.79. The summed E-state index contributed by atoms with van der Waals surface area (Å²) in [5.41, 5.74) is -1.76. The van der Waals surface area contributed by atoms with E-state index in [-0.39, 0.29) is 24.2 Å². The number of carbonyl (C=O) groups excluding carboxylic acids is 1. The molecular weight excluding hydrogens is 425 g/mol. The van der Waals surface area contributed by atoms with Crippen molar-refractivity contribution in [2.45, 2.75) is 49.0 Å². The van der Waals surface area contributed by atoms with E-state index >= 15 is 0 Å². The van der Waals surface area contributed by atoms with E-state index in [0.717, 1.165) is 10.0 Å². The molecule has 0 aliphatic carbocycles. The van der Waals surface area contributed by atoms with Gasteiger partial charge in [-0.25, -0.2) is 0 Å². The third-order valence-electron chi connectivity index (χ3n) is 5.89. The molecule has 9 heteroatoms. The maximum Gasteiger partial charge on any atom is 0.439 e. The maximum atomic E-state index is 13.5. The van der Waals surface area contributed by atoms with Crippen molar-refractivity contribution in [2.24, 2.45) is 10.2 Å². The lowest BCUT2D eigenvalue weighted by atomic mass is 9.72. The fourth-order valence-electron chi connectivity index (χ4n) is 4.19. The maximum absolute atomic E-state index is 13.5. The van der Waals surface area contributed by atoms with Crippen LogP contribution < -0.4 is 5.32 Å². The van der Waals surface area contributed by atoms with Crippen molar-refractivity contribution in [1.82, 2.24) is 10.2 Å². The van der Waals surface area contributed by atoms with Gasteiger partial charge in [0.1, 0.15) is 0 Å². The molecule has 1 atom stereocenters. The van der Waals surface area contributed by atoms with Gasteiger partial charge in [0, 0.05) is 35.9 Å². The molecule has 1 N–H and O–H groups in total. The first-order valence-corrected chi connectivity index (χ1v) is 9.84. The van der Waals surface area contributed by atoms with Crippen LogP contribution in [-0.2, 0) is 10.2 Å². The Morgan fingerprint density at radius 3 is 2.41 bits per heavy atom. The van der Waals surface area contributed by atoms with E-state index in [1.165, 1.54) is 4.90 Å². The van der Waals surface area contributed by atoms with Crippen LogP contribution in [0.4, 0.5) is 13.2 Å². The molecule has 27 heavy (non-hydrogen) atoms. The largest absolute Gasteiger partial charge is 0.439 e. The molecule has 5 nitrogen and oxygen atoms in total. The van der Waals surface area contributed by atoms with Gasteiger partial charge in [-0.15, -0.1) is 10.2 Å². The number of carbonyl (C=O) groups is 1. The highest BCUT2D eigenvalue weighted by Gasteiger charge is 2.70. The number of rotatable bonds is 4. The number of benzene rings is 1. The fraction of sp³-hybridized carbons (Fsp3) is 0.611. The van der Waals surface area contributed by atoms with E-state index in [1.54, 1.807) is 0 Å². The number of alkyl halides is 3. The number of hydrogen-bond acceptors (Lipinski definition) is 4. The summed E-state index contributed by atoms with van der Waals surface area (Å²) in [5, 5.41) is 9.90. The molecule has 146 valence electrons. The molecule has 2 saturated heterocycles. The number of nitrogens with one attached hydrogen (secondary N) is 1. The Labute approximate surface area is 163 Å². The van der Waals surface area contributed by atoms with Crippen LogP contribution in [0.3, 0.4) is 0 Å². The van der Waals surface area contributed by atoms with Crippen LogP contribution in [0.15, 0.2) is 39.0 Å². The summed E-state index contributed by atoms with van der Waals surface area (Å²) >= 11 is 3.40. The molecule has 0 bridgehead atoms. The van der Waals surface area contributed by atoms with Gasteiger partial charge in [0.15, 0.2) is 0 Å². The second-order valence-electron chi connectivity index (χ2n) is 7.59. The average Bonchev–Trinajstić information content (AvgIpc) is 3.40. The minimum atomic E-state index is -4.56. The van der Waals surface area contributed by atoms with Crippen LogP contribution in [0.25, 0.3) is 0 Å². The molecular formula is C18H20BrF3N4O. The number of halogens is 4. The van der Waals surface area contributed by atoms with E-state index in [2.05, 4.69) is 31.5 Å². The van der Waals surface area contributed by atoms with Crippen LogP contribution in [-0.4, -0.2) is 48.3 Å². The third-order valence-corrected chi connectivity index (χ3v) is 6.42.